The zero-order valence-corrected chi connectivity index (χ0v) is 16.1. The first-order chi connectivity index (χ1) is 12.6. The van der Waals surface area contributed by atoms with E-state index in [9.17, 15) is 14.9 Å². The minimum atomic E-state index is -0.526. The summed E-state index contributed by atoms with van der Waals surface area (Å²) < 4.78 is 11.0. The molecule has 1 aromatic carbocycles. The molecule has 1 atom stereocenters. The highest BCUT2D eigenvalue weighted by Gasteiger charge is 2.31. The highest BCUT2D eigenvalue weighted by Crippen LogP contribution is 2.28. The van der Waals surface area contributed by atoms with Gasteiger partial charge in [-0.05, 0) is 33.8 Å². The number of carbonyl (C=O) groups excluding carboxylic acids is 1. The first kappa shape index (κ1) is 19.2. The van der Waals surface area contributed by atoms with Gasteiger partial charge in [0.05, 0.1) is 11.2 Å². The summed E-state index contributed by atoms with van der Waals surface area (Å²) in [5.41, 5.74) is 0.978. The van der Waals surface area contributed by atoms with Gasteiger partial charge in [-0.2, -0.15) is 0 Å². The molecule has 1 aliphatic heterocycles. The zero-order valence-electron chi connectivity index (χ0n) is 16.1. The average Bonchev–Trinajstić information content (AvgIpc) is 3.01. The molecule has 1 unspecified atom stereocenters. The van der Waals surface area contributed by atoms with E-state index < -0.39 is 5.60 Å². The van der Waals surface area contributed by atoms with Crippen LogP contribution in [0.25, 0.3) is 11.0 Å². The molecular weight excluding hydrogens is 350 g/mol. The van der Waals surface area contributed by atoms with Gasteiger partial charge in [0.2, 0.25) is 0 Å². The lowest BCUT2D eigenvalue weighted by Gasteiger charge is -2.40. The minimum Gasteiger partial charge on any atom is -0.464 e. The second-order valence-corrected chi connectivity index (χ2v) is 7.96. The number of carbonyl (C=O) groups is 1. The van der Waals surface area contributed by atoms with Gasteiger partial charge in [-0.3, -0.25) is 15.0 Å². The third-order valence-electron chi connectivity index (χ3n) is 4.56. The first-order valence-electron chi connectivity index (χ1n) is 9.00. The summed E-state index contributed by atoms with van der Waals surface area (Å²) in [4.78, 5) is 27.1. The van der Waals surface area contributed by atoms with Crippen molar-refractivity contribution < 1.29 is 18.9 Å². The van der Waals surface area contributed by atoms with E-state index in [-0.39, 0.29) is 22.7 Å². The molecule has 0 bridgehead atoms. The molecule has 1 aliphatic rings. The number of nitro groups is 1. The molecule has 1 aromatic heterocycles. The maximum atomic E-state index is 12.3. The van der Waals surface area contributed by atoms with Crippen molar-refractivity contribution in [3.63, 3.8) is 0 Å². The molecule has 0 spiro atoms. The Kier molecular flexibility index (Phi) is 5.10. The van der Waals surface area contributed by atoms with Gasteiger partial charge in [0, 0.05) is 55.3 Å². The second kappa shape index (κ2) is 7.19. The summed E-state index contributed by atoms with van der Waals surface area (Å²) in [5.74, 6) is 0. The van der Waals surface area contributed by atoms with E-state index in [1.807, 2.05) is 27.7 Å². The van der Waals surface area contributed by atoms with Crippen LogP contribution in [-0.2, 0) is 11.3 Å². The molecule has 1 amide bonds. The van der Waals surface area contributed by atoms with E-state index in [2.05, 4.69) is 4.90 Å². The number of non-ortho nitro benzene ring substituents is 1. The quantitative estimate of drug-likeness (QED) is 0.599. The lowest BCUT2D eigenvalue weighted by molar-refractivity contribution is -0.384. The maximum Gasteiger partial charge on any atom is 0.410 e. The molecule has 2 heterocycles. The highest BCUT2D eigenvalue weighted by atomic mass is 16.6. The summed E-state index contributed by atoms with van der Waals surface area (Å²) in [6.45, 7) is 9.92. The number of furan rings is 1. The van der Waals surface area contributed by atoms with Crippen molar-refractivity contribution in [2.24, 2.45) is 0 Å². The lowest BCUT2D eigenvalue weighted by Crippen LogP contribution is -2.54. The SMILES string of the molecule is CC1CN(Cc2cc([N+](=O)[O-])cc3ccoc23)CCN1C(=O)OC(C)(C)C. The van der Waals surface area contributed by atoms with Crippen LogP contribution in [0.4, 0.5) is 10.5 Å². The van der Waals surface area contributed by atoms with Crippen molar-refractivity contribution >= 4 is 22.7 Å². The third kappa shape index (κ3) is 4.39. The molecule has 0 radical (unpaired) electrons. The predicted octanol–water partition coefficient (Wildman–Crippen LogP) is 3.78. The van der Waals surface area contributed by atoms with Crippen LogP contribution in [0.2, 0.25) is 0 Å². The van der Waals surface area contributed by atoms with Gasteiger partial charge in [-0.25, -0.2) is 4.79 Å². The molecule has 0 saturated carbocycles. The maximum absolute atomic E-state index is 12.3. The summed E-state index contributed by atoms with van der Waals surface area (Å²) in [5, 5.41) is 11.9. The van der Waals surface area contributed by atoms with E-state index in [0.717, 1.165) is 10.9 Å². The molecular formula is C19H25N3O5. The molecule has 27 heavy (non-hydrogen) atoms. The Morgan fingerprint density at radius 2 is 2.11 bits per heavy atom. The predicted molar refractivity (Wildman–Crippen MR) is 101 cm³/mol. The van der Waals surface area contributed by atoms with Crippen molar-refractivity contribution in [2.45, 2.75) is 45.9 Å². The minimum absolute atomic E-state index is 0.0145. The van der Waals surface area contributed by atoms with Gasteiger partial charge in [0.25, 0.3) is 5.69 Å². The van der Waals surface area contributed by atoms with E-state index in [1.165, 1.54) is 6.07 Å². The van der Waals surface area contributed by atoms with Crippen LogP contribution in [0.1, 0.15) is 33.3 Å². The fraction of sp³-hybridized carbons (Fsp3) is 0.526. The third-order valence-corrected chi connectivity index (χ3v) is 4.56. The number of ether oxygens (including phenoxy) is 1. The number of fused-ring (bicyclic) bond motifs is 1. The molecule has 1 saturated heterocycles. The van der Waals surface area contributed by atoms with Gasteiger partial charge in [-0.1, -0.05) is 0 Å². The fourth-order valence-electron chi connectivity index (χ4n) is 3.37. The van der Waals surface area contributed by atoms with Gasteiger partial charge in [0.15, 0.2) is 0 Å². The number of nitro benzene ring substituents is 1. The van der Waals surface area contributed by atoms with Crippen molar-refractivity contribution in [3.8, 4) is 0 Å². The van der Waals surface area contributed by atoms with Crippen molar-refractivity contribution in [3.05, 3.63) is 40.1 Å². The number of amides is 1. The molecule has 0 N–H and O–H groups in total. The number of hydrogen-bond acceptors (Lipinski definition) is 6. The summed E-state index contributed by atoms with van der Waals surface area (Å²) in [6, 6.07) is 4.80. The number of benzene rings is 1. The van der Waals surface area contributed by atoms with Crippen LogP contribution >= 0.6 is 0 Å². The Balaban J connectivity index is 1.72. The average molecular weight is 375 g/mol. The first-order valence-corrected chi connectivity index (χ1v) is 9.00. The van der Waals surface area contributed by atoms with Gasteiger partial charge >= 0.3 is 6.09 Å². The van der Waals surface area contributed by atoms with Crippen molar-refractivity contribution in [1.29, 1.82) is 0 Å². The summed E-state index contributed by atoms with van der Waals surface area (Å²) in [7, 11) is 0. The van der Waals surface area contributed by atoms with Crippen LogP contribution in [0.5, 0.6) is 0 Å². The molecule has 1 fully saturated rings. The summed E-state index contributed by atoms with van der Waals surface area (Å²) >= 11 is 0. The number of nitrogens with zero attached hydrogens (tertiary/aromatic N) is 3. The molecule has 0 aliphatic carbocycles. The monoisotopic (exact) mass is 375 g/mol. The smallest absolute Gasteiger partial charge is 0.410 e. The molecule has 8 heteroatoms. The molecule has 3 rings (SSSR count). The van der Waals surface area contributed by atoms with Gasteiger partial charge in [-0.15, -0.1) is 0 Å². The molecule has 2 aromatic rings. The topological polar surface area (TPSA) is 89.1 Å². The largest absolute Gasteiger partial charge is 0.464 e. The van der Waals surface area contributed by atoms with E-state index in [4.69, 9.17) is 9.15 Å². The van der Waals surface area contributed by atoms with Crippen LogP contribution < -0.4 is 0 Å². The van der Waals surface area contributed by atoms with Gasteiger partial charge < -0.3 is 14.1 Å². The van der Waals surface area contributed by atoms with Crippen LogP contribution in [-0.4, -0.2) is 52.1 Å². The Labute approximate surface area is 157 Å². The Bertz CT molecular complexity index is 855. The van der Waals surface area contributed by atoms with E-state index in [1.54, 1.807) is 23.3 Å². The number of piperazine rings is 1. The van der Waals surface area contributed by atoms with E-state index >= 15 is 0 Å². The second-order valence-electron chi connectivity index (χ2n) is 7.96. The van der Waals surface area contributed by atoms with Crippen LogP contribution in [0.3, 0.4) is 0 Å². The molecule has 146 valence electrons. The highest BCUT2D eigenvalue weighted by molar-refractivity contribution is 5.83. The van der Waals surface area contributed by atoms with Crippen LogP contribution in [0.15, 0.2) is 28.9 Å². The summed E-state index contributed by atoms with van der Waals surface area (Å²) in [6.07, 6.45) is 1.24. The fourth-order valence-corrected chi connectivity index (χ4v) is 3.37. The Morgan fingerprint density at radius 3 is 2.74 bits per heavy atom. The van der Waals surface area contributed by atoms with E-state index in [0.29, 0.717) is 31.8 Å². The Hall–Kier alpha value is -2.61. The zero-order chi connectivity index (χ0) is 19.8. The van der Waals surface area contributed by atoms with Crippen LogP contribution in [0, 0.1) is 10.1 Å². The number of hydrogen-bond donors (Lipinski definition) is 0. The van der Waals surface area contributed by atoms with Gasteiger partial charge in [0.1, 0.15) is 11.2 Å². The number of rotatable bonds is 3. The van der Waals surface area contributed by atoms with Crippen molar-refractivity contribution in [2.75, 3.05) is 19.6 Å². The Morgan fingerprint density at radius 1 is 1.37 bits per heavy atom. The molecule has 8 nitrogen and oxygen atoms in total. The standard InChI is InChI=1S/C19H25N3O5/c1-13-11-20(6-7-21(13)18(23)27-19(2,3)4)12-15-10-16(22(24)25)9-14-5-8-26-17(14)15/h5,8-10,13H,6-7,11-12H2,1-4H3. The lowest BCUT2D eigenvalue weighted by atomic mass is 10.1. The van der Waals surface area contributed by atoms with Crippen molar-refractivity contribution in [1.82, 2.24) is 9.80 Å². The normalized spacial score (nSPS) is 18.7.